The smallest absolute Gasteiger partial charge is 0.410 e. The Hall–Kier alpha value is -1.51. The second-order valence-corrected chi connectivity index (χ2v) is 4.06. The summed E-state index contributed by atoms with van der Waals surface area (Å²) in [7, 11) is 0. The van der Waals surface area contributed by atoms with Crippen LogP contribution in [0.3, 0.4) is 0 Å². The lowest BCUT2D eigenvalue weighted by Gasteiger charge is -2.21. The molecule has 3 rings (SSSR count). The van der Waals surface area contributed by atoms with Crippen LogP contribution in [0.4, 0.5) is 4.79 Å². The summed E-state index contributed by atoms with van der Waals surface area (Å²) in [5.41, 5.74) is 2.68. The Morgan fingerprint density at radius 1 is 1.33 bits per heavy atom. The van der Waals surface area contributed by atoms with Crippen molar-refractivity contribution in [3.8, 4) is 0 Å². The predicted molar refractivity (Wildman–Crippen MR) is 55.6 cm³/mol. The maximum absolute atomic E-state index is 11.5. The Kier molecular flexibility index (Phi) is 1.91. The summed E-state index contributed by atoms with van der Waals surface area (Å²) in [6.45, 7) is 1.27. The number of carbonyl (C=O) groups excluding carboxylic acids is 1. The molecule has 1 aromatic carbocycles. The van der Waals surface area contributed by atoms with Gasteiger partial charge in [0.25, 0.3) is 0 Å². The molecule has 0 spiro atoms. The van der Waals surface area contributed by atoms with Crippen molar-refractivity contribution in [1.82, 2.24) is 4.90 Å². The van der Waals surface area contributed by atoms with Gasteiger partial charge in [-0.05, 0) is 24.0 Å². The van der Waals surface area contributed by atoms with E-state index in [-0.39, 0.29) is 12.1 Å². The van der Waals surface area contributed by atoms with E-state index in [1.54, 1.807) is 0 Å². The van der Waals surface area contributed by atoms with Crippen molar-refractivity contribution < 1.29 is 9.53 Å². The summed E-state index contributed by atoms with van der Waals surface area (Å²) in [4.78, 5) is 13.3. The Morgan fingerprint density at radius 3 is 3.00 bits per heavy atom. The number of nitrogens with zero attached hydrogens (tertiary/aromatic N) is 1. The van der Waals surface area contributed by atoms with E-state index in [0.29, 0.717) is 6.61 Å². The molecule has 2 aliphatic rings. The number of aryl methyl sites for hydroxylation is 1. The van der Waals surface area contributed by atoms with Gasteiger partial charge in [0.1, 0.15) is 6.61 Å². The zero-order valence-electron chi connectivity index (χ0n) is 8.48. The first kappa shape index (κ1) is 8.77. The van der Waals surface area contributed by atoms with E-state index < -0.39 is 0 Å². The van der Waals surface area contributed by atoms with Crippen LogP contribution < -0.4 is 0 Å². The Balaban J connectivity index is 1.93. The summed E-state index contributed by atoms with van der Waals surface area (Å²) in [6, 6.07) is 8.62. The SMILES string of the molecule is O=C1OCCN1C1CCc2ccccc21. The fourth-order valence-corrected chi connectivity index (χ4v) is 2.55. The summed E-state index contributed by atoms with van der Waals surface area (Å²) >= 11 is 0. The number of amides is 1. The number of fused-ring (bicyclic) bond motifs is 1. The van der Waals surface area contributed by atoms with Crippen LogP contribution in [0.5, 0.6) is 0 Å². The van der Waals surface area contributed by atoms with Gasteiger partial charge in [0.2, 0.25) is 0 Å². The van der Waals surface area contributed by atoms with E-state index in [0.717, 1.165) is 19.4 Å². The number of cyclic esters (lactones) is 1. The van der Waals surface area contributed by atoms with Crippen LogP contribution in [-0.4, -0.2) is 24.1 Å². The van der Waals surface area contributed by atoms with Crippen LogP contribution in [0.2, 0.25) is 0 Å². The Morgan fingerprint density at radius 2 is 2.20 bits per heavy atom. The normalized spacial score (nSPS) is 24.1. The minimum Gasteiger partial charge on any atom is -0.448 e. The molecule has 1 fully saturated rings. The third kappa shape index (κ3) is 1.30. The van der Waals surface area contributed by atoms with Gasteiger partial charge < -0.3 is 4.74 Å². The van der Waals surface area contributed by atoms with Crippen LogP contribution in [0.1, 0.15) is 23.6 Å². The quantitative estimate of drug-likeness (QED) is 0.699. The number of rotatable bonds is 1. The third-order valence-corrected chi connectivity index (χ3v) is 3.27. The first-order valence-electron chi connectivity index (χ1n) is 5.37. The van der Waals surface area contributed by atoms with Gasteiger partial charge in [0.15, 0.2) is 0 Å². The van der Waals surface area contributed by atoms with E-state index in [1.165, 1.54) is 11.1 Å². The van der Waals surface area contributed by atoms with Gasteiger partial charge in [0.05, 0.1) is 12.6 Å². The minimum atomic E-state index is -0.156. The summed E-state index contributed by atoms with van der Waals surface area (Å²) in [6.07, 6.45) is 1.95. The van der Waals surface area contributed by atoms with Crippen molar-refractivity contribution in [3.63, 3.8) is 0 Å². The Labute approximate surface area is 88.6 Å². The molecular formula is C12H13NO2. The molecule has 0 N–H and O–H groups in total. The fraction of sp³-hybridized carbons (Fsp3) is 0.417. The van der Waals surface area contributed by atoms with Gasteiger partial charge in [-0.25, -0.2) is 4.79 Å². The molecule has 1 atom stereocenters. The number of benzene rings is 1. The molecule has 0 bridgehead atoms. The molecule has 0 aromatic heterocycles. The largest absolute Gasteiger partial charge is 0.448 e. The lowest BCUT2D eigenvalue weighted by atomic mass is 10.1. The molecule has 1 amide bonds. The molecule has 78 valence electrons. The number of hydrogen-bond donors (Lipinski definition) is 0. The van der Waals surface area contributed by atoms with Crippen LogP contribution in [0.25, 0.3) is 0 Å². The van der Waals surface area contributed by atoms with Gasteiger partial charge >= 0.3 is 6.09 Å². The van der Waals surface area contributed by atoms with E-state index in [4.69, 9.17) is 4.74 Å². The number of carbonyl (C=O) groups is 1. The standard InChI is InChI=1S/C12H13NO2/c14-12-13(7-8-15-12)11-6-5-9-3-1-2-4-10(9)11/h1-4,11H,5-8H2. The average molecular weight is 203 g/mol. The van der Waals surface area contributed by atoms with E-state index in [1.807, 2.05) is 11.0 Å². The summed E-state index contributed by atoms with van der Waals surface area (Å²) in [5.74, 6) is 0. The highest BCUT2D eigenvalue weighted by atomic mass is 16.6. The van der Waals surface area contributed by atoms with E-state index in [9.17, 15) is 4.79 Å². The van der Waals surface area contributed by atoms with Crippen LogP contribution >= 0.6 is 0 Å². The topological polar surface area (TPSA) is 29.5 Å². The zero-order chi connectivity index (χ0) is 10.3. The molecule has 3 nitrogen and oxygen atoms in total. The lowest BCUT2D eigenvalue weighted by Crippen LogP contribution is -2.28. The fourth-order valence-electron chi connectivity index (χ4n) is 2.55. The van der Waals surface area contributed by atoms with Crippen LogP contribution in [0.15, 0.2) is 24.3 Å². The van der Waals surface area contributed by atoms with Gasteiger partial charge in [-0.1, -0.05) is 24.3 Å². The van der Waals surface area contributed by atoms with Crippen molar-refractivity contribution in [2.24, 2.45) is 0 Å². The highest BCUT2D eigenvalue weighted by molar-refractivity contribution is 5.70. The van der Waals surface area contributed by atoms with Crippen molar-refractivity contribution in [3.05, 3.63) is 35.4 Å². The lowest BCUT2D eigenvalue weighted by molar-refractivity contribution is 0.147. The van der Waals surface area contributed by atoms with Crippen molar-refractivity contribution in [2.45, 2.75) is 18.9 Å². The van der Waals surface area contributed by atoms with Crippen LogP contribution in [0, 0.1) is 0 Å². The predicted octanol–water partition coefficient (Wildman–Crippen LogP) is 2.13. The first-order chi connectivity index (χ1) is 7.36. The van der Waals surface area contributed by atoms with Crippen molar-refractivity contribution >= 4 is 6.09 Å². The molecule has 15 heavy (non-hydrogen) atoms. The molecule has 1 aromatic rings. The highest BCUT2D eigenvalue weighted by Gasteiger charge is 2.34. The molecule has 1 saturated heterocycles. The van der Waals surface area contributed by atoms with Gasteiger partial charge in [-0.15, -0.1) is 0 Å². The van der Waals surface area contributed by atoms with Gasteiger partial charge in [-0.2, -0.15) is 0 Å². The highest BCUT2D eigenvalue weighted by Crippen LogP contribution is 2.36. The molecule has 1 heterocycles. The van der Waals surface area contributed by atoms with Gasteiger partial charge in [-0.3, -0.25) is 4.90 Å². The van der Waals surface area contributed by atoms with Crippen molar-refractivity contribution in [2.75, 3.05) is 13.2 Å². The summed E-state index contributed by atoms with van der Waals surface area (Å²) < 4.78 is 4.98. The first-order valence-corrected chi connectivity index (χ1v) is 5.37. The Bertz CT molecular complexity index is 402. The summed E-state index contributed by atoms with van der Waals surface area (Å²) in [5, 5.41) is 0. The monoisotopic (exact) mass is 203 g/mol. The van der Waals surface area contributed by atoms with Crippen molar-refractivity contribution in [1.29, 1.82) is 0 Å². The second kappa shape index (κ2) is 3.26. The maximum Gasteiger partial charge on any atom is 0.410 e. The molecule has 1 aliphatic carbocycles. The van der Waals surface area contributed by atoms with Crippen LogP contribution in [-0.2, 0) is 11.2 Å². The third-order valence-electron chi connectivity index (χ3n) is 3.27. The zero-order valence-corrected chi connectivity index (χ0v) is 8.48. The second-order valence-electron chi connectivity index (χ2n) is 4.06. The van der Waals surface area contributed by atoms with Gasteiger partial charge in [0, 0.05) is 0 Å². The molecule has 0 radical (unpaired) electrons. The number of ether oxygens (including phenoxy) is 1. The molecular weight excluding hydrogens is 190 g/mol. The number of hydrogen-bond acceptors (Lipinski definition) is 2. The van der Waals surface area contributed by atoms with E-state index in [2.05, 4.69) is 18.2 Å². The average Bonchev–Trinajstić information content (AvgIpc) is 2.83. The molecule has 3 heteroatoms. The minimum absolute atomic E-state index is 0.156. The molecule has 1 unspecified atom stereocenters. The maximum atomic E-state index is 11.5. The molecule has 1 aliphatic heterocycles. The van der Waals surface area contributed by atoms with E-state index >= 15 is 0 Å². The molecule has 0 saturated carbocycles.